The van der Waals surface area contributed by atoms with Gasteiger partial charge in [0.15, 0.2) is 11.2 Å². The van der Waals surface area contributed by atoms with E-state index in [9.17, 15) is 9.59 Å². The summed E-state index contributed by atoms with van der Waals surface area (Å²) in [5.74, 6) is 1.31. The Labute approximate surface area is 154 Å². The zero-order chi connectivity index (χ0) is 19.3. The van der Waals surface area contributed by atoms with Crippen molar-refractivity contribution in [3.8, 4) is 11.4 Å². The SMILES string of the molecule is CCCOc1ccccc1-n1c(C)cn2c3c(=O)n(C)c(=O)n(C)c3nc12. The smallest absolute Gasteiger partial charge is 0.332 e. The zero-order valence-electron chi connectivity index (χ0n) is 15.8. The Morgan fingerprint density at radius 1 is 1.11 bits per heavy atom. The van der Waals surface area contributed by atoms with Crippen molar-refractivity contribution in [1.29, 1.82) is 0 Å². The third-order valence-corrected chi connectivity index (χ3v) is 4.71. The van der Waals surface area contributed by atoms with Crippen LogP contribution in [0.5, 0.6) is 5.75 Å². The van der Waals surface area contributed by atoms with E-state index >= 15 is 0 Å². The lowest BCUT2D eigenvalue weighted by Crippen LogP contribution is -2.37. The van der Waals surface area contributed by atoms with Gasteiger partial charge in [-0.2, -0.15) is 4.98 Å². The molecule has 0 N–H and O–H groups in total. The van der Waals surface area contributed by atoms with Crippen molar-refractivity contribution in [3.05, 3.63) is 57.0 Å². The van der Waals surface area contributed by atoms with Gasteiger partial charge < -0.3 is 4.74 Å². The monoisotopic (exact) mass is 367 g/mol. The van der Waals surface area contributed by atoms with Gasteiger partial charge >= 0.3 is 5.69 Å². The van der Waals surface area contributed by atoms with Gasteiger partial charge in [0.1, 0.15) is 5.75 Å². The van der Waals surface area contributed by atoms with E-state index in [1.807, 2.05) is 42.0 Å². The maximum Gasteiger partial charge on any atom is 0.332 e. The van der Waals surface area contributed by atoms with Gasteiger partial charge in [0.2, 0.25) is 5.78 Å². The van der Waals surface area contributed by atoms with Crippen molar-refractivity contribution >= 4 is 16.9 Å². The van der Waals surface area contributed by atoms with Crippen LogP contribution in [0.25, 0.3) is 22.6 Å². The Morgan fingerprint density at radius 3 is 2.59 bits per heavy atom. The van der Waals surface area contributed by atoms with Crippen molar-refractivity contribution < 1.29 is 4.74 Å². The number of benzene rings is 1. The third kappa shape index (κ3) is 2.40. The molecule has 8 heteroatoms. The van der Waals surface area contributed by atoms with Crippen molar-refractivity contribution in [2.45, 2.75) is 20.3 Å². The second-order valence-electron chi connectivity index (χ2n) is 6.58. The zero-order valence-corrected chi connectivity index (χ0v) is 15.8. The van der Waals surface area contributed by atoms with Gasteiger partial charge in [-0.05, 0) is 25.5 Å². The molecule has 0 atom stereocenters. The van der Waals surface area contributed by atoms with Crippen molar-refractivity contribution in [3.63, 3.8) is 0 Å². The van der Waals surface area contributed by atoms with E-state index in [-0.39, 0.29) is 5.56 Å². The molecule has 0 fully saturated rings. The van der Waals surface area contributed by atoms with Crippen LogP contribution in [0.4, 0.5) is 0 Å². The van der Waals surface area contributed by atoms with Gasteiger partial charge in [0.05, 0.1) is 12.3 Å². The Bertz CT molecular complexity index is 1290. The van der Waals surface area contributed by atoms with Crippen LogP contribution in [0.2, 0.25) is 0 Å². The number of hydrogen-bond donors (Lipinski definition) is 0. The first-order chi connectivity index (χ1) is 13.0. The van der Waals surface area contributed by atoms with Crippen molar-refractivity contribution in [2.24, 2.45) is 14.1 Å². The first-order valence-corrected chi connectivity index (χ1v) is 8.84. The first-order valence-electron chi connectivity index (χ1n) is 8.84. The van der Waals surface area contributed by atoms with E-state index in [2.05, 4.69) is 11.9 Å². The van der Waals surface area contributed by atoms with Gasteiger partial charge in [-0.25, -0.2) is 4.79 Å². The second-order valence-corrected chi connectivity index (χ2v) is 6.58. The van der Waals surface area contributed by atoms with Crippen LogP contribution in [0, 0.1) is 6.92 Å². The molecule has 4 aromatic rings. The van der Waals surface area contributed by atoms with Crippen LogP contribution in [-0.4, -0.2) is 29.7 Å². The van der Waals surface area contributed by atoms with Gasteiger partial charge in [-0.1, -0.05) is 19.1 Å². The number of para-hydroxylation sites is 2. The lowest BCUT2D eigenvalue weighted by atomic mass is 10.3. The van der Waals surface area contributed by atoms with E-state index in [1.165, 1.54) is 11.6 Å². The van der Waals surface area contributed by atoms with E-state index in [1.54, 1.807) is 11.4 Å². The van der Waals surface area contributed by atoms with Crippen molar-refractivity contribution in [2.75, 3.05) is 6.61 Å². The molecule has 0 saturated heterocycles. The molecule has 0 spiro atoms. The topological polar surface area (TPSA) is 75.5 Å². The number of aromatic nitrogens is 5. The van der Waals surface area contributed by atoms with Crippen LogP contribution in [0.3, 0.4) is 0 Å². The molecule has 1 aromatic carbocycles. The average Bonchev–Trinajstić information content (AvgIpc) is 3.18. The van der Waals surface area contributed by atoms with Gasteiger partial charge in [0.25, 0.3) is 5.56 Å². The third-order valence-electron chi connectivity index (χ3n) is 4.71. The maximum atomic E-state index is 12.7. The predicted molar refractivity (Wildman–Crippen MR) is 103 cm³/mol. The number of fused-ring (bicyclic) bond motifs is 3. The Kier molecular flexibility index (Phi) is 3.91. The normalized spacial score (nSPS) is 11.6. The van der Waals surface area contributed by atoms with Crippen LogP contribution < -0.4 is 16.0 Å². The minimum Gasteiger partial charge on any atom is -0.491 e. The molecular formula is C19H21N5O3. The highest BCUT2D eigenvalue weighted by Gasteiger charge is 2.20. The molecule has 0 bridgehead atoms. The average molecular weight is 367 g/mol. The van der Waals surface area contributed by atoms with Gasteiger partial charge in [-0.15, -0.1) is 0 Å². The minimum absolute atomic E-state index is 0.360. The molecule has 0 saturated carbocycles. The Hall–Kier alpha value is -3.29. The molecule has 0 radical (unpaired) electrons. The summed E-state index contributed by atoms with van der Waals surface area (Å²) in [5, 5.41) is 0. The van der Waals surface area contributed by atoms with Gasteiger partial charge in [0, 0.05) is 26.0 Å². The number of imidazole rings is 2. The molecule has 0 aliphatic heterocycles. The van der Waals surface area contributed by atoms with E-state index < -0.39 is 5.69 Å². The number of hydrogen-bond acceptors (Lipinski definition) is 4. The fourth-order valence-electron chi connectivity index (χ4n) is 3.36. The summed E-state index contributed by atoms with van der Waals surface area (Å²) in [4.78, 5) is 29.6. The summed E-state index contributed by atoms with van der Waals surface area (Å²) in [6.07, 6.45) is 2.76. The van der Waals surface area contributed by atoms with Crippen LogP contribution >= 0.6 is 0 Å². The number of rotatable bonds is 4. The van der Waals surface area contributed by atoms with E-state index in [0.717, 1.165) is 28.1 Å². The predicted octanol–water partition coefficient (Wildman–Crippen LogP) is 1.77. The molecule has 0 unspecified atom stereocenters. The molecule has 0 aliphatic carbocycles. The molecule has 3 heterocycles. The Morgan fingerprint density at radius 2 is 1.85 bits per heavy atom. The fraction of sp³-hybridized carbons (Fsp3) is 0.316. The van der Waals surface area contributed by atoms with Crippen LogP contribution in [0.1, 0.15) is 19.0 Å². The number of aryl methyl sites for hydroxylation is 2. The number of nitrogens with zero attached hydrogens (tertiary/aromatic N) is 5. The van der Waals surface area contributed by atoms with E-state index in [0.29, 0.717) is 23.5 Å². The summed E-state index contributed by atoms with van der Waals surface area (Å²) in [6, 6.07) is 7.72. The summed E-state index contributed by atoms with van der Waals surface area (Å²) < 4.78 is 12.1. The summed E-state index contributed by atoms with van der Waals surface area (Å²) in [5.41, 5.74) is 1.72. The molecule has 140 valence electrons. The maximum absolute atomic E-state index is 12.7. The van der Waals surface area contributed by atoms with Crippen molar-refractivity contribution in [1.82, 2.24) is 23.1 Å². The number of ether oxygens (including phenoxy) is 1. The molecular weight excluding hydrogens is 346 g/mol. The standard InChI is InChI=1S/C19H21N5O3/c1-5-10-27-14-9-7-6-8-13(14)24-12(2)11-23-15-16(20-18(23)24)21(3)19(26)22(4)17(15)25/h6-9,11H,5,10H2,1-4H3. The lowest BCUT2D eigenvalue weighted by Gasteiger charge is -2.12. The second kappa shape index (κ2) is 6.15. The molecule has 4 rings (SSSR count). The highest BCUT2D eigenvalue weighted by Crippen LogP contribution is 2.28. The summed E-state index contributed by atoms with van der Waals surface area (Å²) >= 11 is 0. The molecule has 27 heavy (non-hydrogen) atoms. The molecule has 0 amide bonds. The van der Waals surface area contributed by atoms with Crippen LogP contribution in [0.15, 0.2) is 40.1 Å². The highest BCUT2D eigenvalue weighted by molar-refractivity contribution is 5.76. The summed E-state index contributed by atoms with van der Waals surface area (Å²) in [7, 11) is 3.09. The molecule has 0 aliphatic rings. The Balaban J connectivity index is 2.09. The quantitative estimate of drug-likeness (QED) is 0.551. The highest BCUT2D eigenvalue weighted by atomic mass is 16.5. The molecule has 8 nitrogen and oxygen atoms in total. The van der Waals surface area contributed by atoms with Crippen LogP contribution in [-0.2, 0) is 14.1 Å². The molecule has 3 aromatic heterocycles. The van der Waals surface area contributed by atoms with Gasteiger partial charge in [-0.3, -0.25) is 22.9 Å². The fourth-order valence-corrected chi connectivity index (χ4v) is 3.36. The summed E-state index contributed by atoms with van der Waals surface area (Å²) in [6.45, 7) is 4.61. The van der Waals surface area contributed by atoms with E-state index in [4.69, 9.17) is 4.74 Å². The minimum atomic E-state index is -0.400. The first kappa shape index (κ1) is 17.1. The lowest BCUT2D eigenvalue weighted by molar-refractivity contribution is 0.316. The largest absolute Gasteiger partial charge is 0.491 e.